The van der Waals surface area contributed by atoms with Gasteiger partial charge in [-0.3, -0.25) is 121 Å². The summed E-state index contributed by atoms with van der Waals surface area (Å²) < 4.78 is 117. The van der Waals surface area contributed by atoms with Crippen LogP contribution in [-0.4, -0.2) is 136 Å². The van der Waals surface area contributed by atoms with E-state index in [0.717, 1.165) is 36.4 Å². The van der Waals surface area contributed by atoms with Crippen molar-refractivity contribution in [2.24, 2.45) is 11.8 Å². The minimum Gasteiger partial charge on any atom is -0.396 e. The molecule has 0 aliphatic rings. The quantitative estimate of drug-likeness (QED) is 0.0139. The van der Waals surface area contributed by atoms with Crippen molar-refractivity contribution in [3.63, 3.8) is 0 Å². The number of fused-ring (bicyclic) bond motifs is 6. The molecule has 94 heavy (non-hydrogen) atoms. The van der Waals surface area contributed by atoms with Crippen LogP contribution in [0, 0.1) is 11.8 Å². The highest BCUT2D eigenvalue weighted by atomic mass is 31.2. The van der Waals surface area contributed by atoms with Crippen molar-refractivity contribution in [1.29, 1.82) is 0 Å². The molecule has 44 heteroatoms. The first kappa shape index (κ1) is 70.9. The van der Waals surface area contributed by atoms with Crippen molar-refractivity contribution < 1.29 is 93.2 Å². The lowest BCUT2D eigenvalue weighted by Crippen LogP contribution is -2.28. The minimum atomic E-state index is -5.08. The Balaban J connectivity index is 0.761. The molecule has 0 spiro atoms. The molecule has 0 saturated carbocycles. The summed E-state index contributed by atoms with van der Waals surface area (Å²) in [4.78, 5) is 200. The Kier molecular flexibility index (Phi) is 21.5. The van der Waals surface area contributed by atoms with Crippen molar-refractivity contribution in [2.75, 3.05) is 79.2 Å². The summed E-state index contributed by atoms with van der Waals surface area (Å²) in [7, 11) is -19.8. The van der Waals surface area contributed by atoms with Gasteiger partial charge < -0.3 is 29.8 Å². The Morgan fingerprint density at radius 1 is 0.309 bits per heavy atom. The van der Waals surface area contributed by atoms with E-state index < -0.39 is 228 Å². The van der Waals surface area contributed by atoms with Crippen LogP contribution >= 0.6 is 31.3 Å². The number of phosphoric acid groups is 4. The fourth-order valence-electron chi connectivity index (χ4n) is 10.0. The van der Waals surface area contributed by atoms with Gasteiger partial charge in [-0.25, -0.2) is 18.3 Å². The summed E-state index contributed by atoms with van der Waals surface area (Å²) in [6.45, 7) is -12.0. The molecule has 6 unspecified atom stereocenters. The van der Waals surface area contributed by atoms with Gasteiger partial charge in [0, 0.05) is 38.1 Å². The molecule has 0 aliphatic heterocycles. The Hall–Kier alpha value is -7.36. The molecule has 0 fully saturated rings. The van der Waals surface area contributed by atoms with Crippen LogP contribution in [0.5, 0.6) is 0 Å². The molecular weight excluding hydrogens is 1350 g/mol. The largest absolute Gasteiger partial charge is 0.472 e. The van der Waals surface area contributed by atoms with Gasteiger partial charge >= 0.3 is 31.3 Å². The summed E-state index contributed by atoms with van der Waals surface area (Å²) in [5.41, 5.74) is -9.48. The number of hydrogen-bond donors (Lipinski definition) is 8. The third kappa shape index (κ3) is 14.7. The van der Waals surface area contributed by atoms with Crippen LogP contribution in [0.2, 0.25) is 0 Å². The number of phosphoric ester groups is 4. The van der Waals surface area contributed by atoms with Crippen molar-refractivity contribution in [3.05, 3.63) is 161 Å². The van der Waals surface area contributed by atoms with Crippen molar-refractivity contribution >= 4 is 95.9 Å². The molecular formula is C50H52F2N8O30P4. The standard InChI is InChI=1S/C50H52F2N8O30P4/c51-53-19-25(21-61)23-89-93(79,80)87-11-5-59-47(71)35-15-31-32(16-36(35)48(59)72)44(68)57(43(31)67)3-9-85-91(75,76)83-7-1-55-39(63)27-13-29-30(14-28(27)40(55)64)42(66)56(41(29)65)2-8-84-92(77,78)86-10-4-58-45(69)33-17-37-38(18-34(33)46(58)70)50(74)60(49(37)73)6-12-88-94(81,82)90-24-26(22-62)20-54-52/h13-18,25-26,53-54,61-62H,1-12,19-24H2,(H,75,76)(H,77,78)(H,79,80)(H,81,82). The number of aliphatic hydroxyl groups excluding tert-OH is 2. The molecule has 8 N–H and O–H groups in total. The predicted octanol–water partition coefficient (Wildman–Crippen LogP) is -3.54. The number of rotatable bonds is 36. The molecule has 0 bridgehead atoms. The Morgan fingerprint density at radius 2 is 0.457 bits per heavy atom. The van der Waals surface area contributed by atoms with Crippen molar-refractivity contribution in [2.45, 2.75) is 39.3 Å². The van der Waals surface area contributed by atoms with Crippen LogP contribution in [0.15, 0.2) is 93.9 Å². The van der Waals surface area contributed by atoms with Crippen LogP contribution < -0.4 is 77.8 Å². The monoisotopic (exact) mass is 1410 g/mol. The van der Waals surface area contributed by atoms with Crippen LogP contribution in [0.4, 0.5) is 8.96 Å². The molecule has 6 aromatic heterocycles. The van der Waals surface area contributed by atoms with E-state index in [9.17, 15) is 115 Å². The van der Waals surface area contributed by atoms with Gasteiger partial charge in [-0.05, 0) is 36.4 Å². The average molecular weight is 1410 g/mol. The summed E-state index contributed by atoms with van der Waals surface area (Å²) in [5, 5.41) is 14.3. The van der Waals surface area contributed by atoms with Gasteiger partial charge in [-0.2, -0.15) is 11.1 Å². The summed E-state index contributed by atoms with van der Waals surface area (Å²) in [5.74, 6) is -1.84. The molecule has 506 valence electrons. The van der Waals surface area contributed by atoms with E-state index in [1.807, 2.05) is 0 Å². The Labute approximate surface area is 517 Å². The molecule has 0 aliphatic carbocycles. The number of nitrogens with one attached hydrogen (secondary N) is 2. The van der Waals surface area contributed by atoms with Gasteiger partial charge in [0.05, 0.1) is 157 Å². The van der Waals surface area contributed by atoms with E-state index in [4.69, 9.17) is 36.2 Å². The summed E-state index contributed by atoms with van der Waals surface area (Å²) in [6, 6.07) is 5.75. The Morgan fingerprint density at radius 3 is 0.596 bits per heavy atom. The maximum Gasteiger partial charge on any atom is 0.472 e. The van der Waals surface area contributed by atoms with Crippen molar-refractivity contribution in [1.82, 2.24) is 38.5 Å². The number of aliphatic hydroxyl groups is 2. The molecule has 0 radical (unpaired) electrons. The first-order chi connectivity index (χ1) is 44.4. The maximum atomic E-state index is 13.4. The Bertz CT molecular complexity index is 4770. The first-order valence-electron chi connectivity index (χ1n) is 27.5. The van der Waals surface area contributed by atoms with Gasteiger partial charge in [0.15, 0.2) is 0 Å². The minimum absolute atomic E-state index is 0.317. The normalized spacial score (nSPS) is 15.7. The van der Waals surface area contributed by atoms with E-state index in [1.165, 1.54) is 11.1 Å². The third-order valence-corrected chi connectivity index (χ3v) is 18.8. The zero-order valence-corrected chi connectivity index (χ0v) is 51.6. The third-order valence-electron chi connectivity index (χ3n) is 14.8. The number of benzene rings is 3. The van der Waals surface area contributed by atoms with Crippen LogP contribution in [-0.2, 0) is 93.7 Å². The van der Waals surface area contributed by atoms with Crippen LogP contribution in [0.1, 0.15) is 0 Å². The first-order valence-corrected chi connectivity index (χ1v) is 33.4. The molecule has 38 nitrogen and oxygen atoms in total. The highest BCUT2D eigenvalue weighted by Crippen LogP contribution is 2.45. The SMILES string of the molecule is O=c1c2cc3c(=O)n(CCOP(=O)(O)OCCn4c(=O)c5cc6c(=O)n(CCOP(=O)(O)OCC(CO)CNF)c(=O)c6cc5c4=O)c(=O)c3cc2c(=O)n1CCOP(=O)(O)OCCn1c(=O)c2cc3c(=O)n(CCOP(=O)(O)OCC(CO)CNF)c(=O)c3cc2c1=O. The summed E-state index contributed by atoms with van der Waals surface area (Å²) >= 11 is 0. The van der Waals surface area contributed by atoms with Crippen molar-refractivity contribution in [3.8, 4) is 0 Å². The lowest BCUT2D eigenvalue weighted by Gasteiger charge is -2.16. The highest BCUT2D eigenvalue weighted by Gasteiger charge is 2.30. The molecule has 6 heterocycles. The topological polar surface area (TPSA) is 522 Å². The fourth-order valence-corrected chi connectivity index (χ4v) is 13.0. The van der Waals surface area contributed by atoms with E-state index in [-0.39, 0.29) is 64.6 Å². The number of halogens is 2. The van der Waals surface area contributed by atoms with E-state index in [2.05, 4.69) is 0 Å². The lowest BCUT2D eigenvalue weighted by molar-refractivity contribution is 0.0970. The highest BCUT2D eigenvalue weighted by molar-refractivity contribution is 7.48. The number of hydrogen-bond acceptors (Lipinski definition) is 28. The molecule has 3 aromatic carbocycles. The molecule has 6 atom stereocenters. The maximum absolute atomic E-state index is 13.4. The lowest BCUT2D eigenvalue weighted by atomic mass is 10.1. The van der Waals surface area contributed by atoms with Gasteiger partial charge in [0.2, 0.25) is 0 Å². The van der Waals surface area contributed by atoms with E-state index >= 15 is 0 Å². The second-order valence-electron chi connectivity index (χ2n) is 20.6. The number of nitrogens with zero attached hydrogens (tertiary/aromatic N) is 6. The van der Waals surface area contributed by atoms with Crippen LogP contribution in [0.25, 0.3) is 64.6 Å². The second kappa shape index (κ2) is 28.5. The zero-order valence-electron chi connectivity index (χ0n) is 48.1. The smallest absolute Gasteiger partial charge is 0.396 e. The second-order valence-corrected chi connectivity index (χ2v) is 26.5. The van der Waals surface area contributed by atoms with Gasteiger partial charge in [-0.15, -0.1) is 8.96 Å². The zero-order chi connectivity index (χ0) is 68.5. The number of aromatic nitrogens is 6. The van der Waals surface area contributed by atoms with Gasteiger partial charge in [0.1, 0.15) is 0 Å². The van der Waals surface area contributed by atoms with Gasteiger partial charge in [-0.1, -0.05) is 0 Å². The predicted molar refractivity (Wildman–Crippen MR) is 321 cm³/mol. The fraction of sp³-hybridized carbons (Fsp3) is 0.400. The van der Waals surface area contributed by atoms with Gasteiger partial charge in [0.25, 0.3) is 66.7 Å². The van der Waals surface area contributed by atoms with E-state index in [1.54, 1.807) is 0 Å². The van der Waals surface area contributed by atoms with Crippen LogP contribution in [0.3, 0.4) is 0 Å². The molecule has 0 amide bonds. The molecule has 9 rings (SSSR count). The molecule has 9 aromatic rings. The van der Waals surface area contributed by atoms with E-state index in [0.29, 0.717) is 27.4 Å². The molecule has 0 saturated heterocycles. The average Bonchev–Trinajstić information content (AvgIpc) is 1.60. The summed E-state index contributed by atoms with van der Waals surface area (Å²) in [6.07, 6.45) is 0.